The number of hydrogen-bond acceptors (Lipinski definition) is 7. The number of aliphatic carboxylic acids is 2. The molecule has 9 heteroatoms. The van der Waals surface area contributed by atoms with Crippen LogP contribution < -0.4 is 0 Å². The lowest BCUT2D eigenvalue weighted by Gasteiger charge is -2.49. The highest BCUT2D eigenvalue weighted by molar-refractivity contribution is 6.27. The van der Waals surface area contributed by atoms with E-state index in [0.29, 0.717) is 24.2 Å². The summed E-state index contributed by atoms with van der Waals surface area (Å²) < 4.78 is 0. The van der Waals surface area contributed by atoms with Crippen molar-refractivity contribution in [2.24, 2.45) is 16.5 Å². The van der Waals surface area contributed by atoms with Gasteiger partial charge in [0, 0.05) is 12.0 Å². The van der Waals surface area contributed by atoms with Gasteiger partial charge >= 0.3 is 11.9 Å². The lowest BCUT2D eigenvalue weighted by atomic mass is 9.59. The van der Waals surface area contributed by atoms with Crippen LogP contribution in [0.15, 0.2) is 41.1 Å². The van der Waals surface area contributed by atoms with Crippen LogP contribution in [0.1, 0.15) is 57.4 Å². The first-order chi connectivity index (χ1) is 16.4. The van der Waals surface area contributed by atoms with Crippen molar-refractivity contribution in [1.82, 2.24) is 4.90 Å². The summed E-state index contributed by atoms with van der Waals surface area (Å²) in [5.74, 6) is -2.70. The summed E-state index contributed by atoms with van der Waals surface area (Å²) in [6, 6.07) is 7.52. The van der Waals surface area contributed by atoms with Gasteiger partial charge in [0.1, 0.15) is 12.4 Å². The van der Waals surface area contributed by atoms with Crippen molar-refractivity contribution >= 4 is 18.2 Å². The summed E-state index contributed by atoms with van der Waals surface area (Å²) in [6.45, 7) is 5.72. The third-order valence-electron chi connectivity index (χ3n) is 7.30. The number of carboxylic acid groups (broad SMARTS) is 2. The number of benzene rings is 1. The van der Waals surface area contributed by atoms with E-state index in [1.807, 2.05) is 26.2 Å². The number of carbonyl (C=O) groups is 2. The van der Waals surface area contributed by atoms with Crippen molar-refractivity contribution in [1.29, 1.82) is 0 Å². The van der Waals surface area contributed by atoms with E-state index in [2.05, 4.69) is 36.0 Å². The van der Waals surface area contributed by atoms with Crippen LogP contribution in [0.3, 0.4) is 0 Å². The molecule has 2 aliphatic rings. The monoisotopic (exact) mass is 490 g/mol. The average molecular weight is 491 g/mol. The Bertz CT molecular complexity index is 933. The molecule has 0 aliphatic heterocycles. The minimum absolute atomic E-state index is 0.124. The number of allylic oxidation sites excluding steroid dienone is 2. The molecule has 1 aromatic rings. The molecule has 2 saturated carbocycles. The van der Waals surface area contributed by atoms with Crippen molar-refractivity contribution in [3.63, 3.8) is 0 Å². The number of nitrogens with zero attached hydrogens (tertiary/aromatic N) is 2. The van der Waals surface area contributed by atoms with Crippen LogP contribution in [-0.4, -0.2) is 76.3 Å². The zero-order chi connectivity index (χ0) is 26.2. The number of rotatable bonds is 7. The summed E-state index contributed by atoms with van der Waals surface area (Å²) in [5, 5.41) is 40.3. The smallest absolute Gasteiger partial charge is 0.414 e. The van der Waals surface area contributed by atoms with Crippen molar-refractivity contribution in [3.8, 4) is 5.75 Å². The van der Waals surface area contributed by atoms with E-state index in [1.54, 1.807) is 12.3 Å². The van der Waals surface area contributed by atoms with E-state index in [-0.39, 0.29) is 5.41 Å². The molecule has 2 fully saturated rings. The molecule has 0 radical (unpaired) electrons. The summed E-state index contributed by atoms with van der Waals surface area (Å²) in [6.07, 6.45) is 8.65. The van der Waals surface area contributed by atoms with Gasteiger partial charge in [0.05, 0.1) is 11.8 Å². The largest absolute Gasteiger partial charge is 0.508 e. The lowest BCUT2D eigenvalue weighted by Crippen LogP contribution is -2.49. The Morgan fingerprint density at radius 1 is 1.20 bits per heavy atom. The third kappa shape index (κ3) is 7.53. The maximum absolute atomic E-state index is 11.6. The molecule has 0 unspecified atom stereocenters. The topological polar surface area (TPSA) is 140 Å². The van der Waals surface area contributed by atoms with Crippen molar-refractivity contribution in [3.05, 3.63) is 41.5 Å². The molecule has 0 bridgehead atoms. The number of phenolic OH excluding ortho intramolecular Hbond substituents is 1. The van der Waals surface area contributed by atoms with Gasteiger partial charge in [-0.05, 0) is 88.2 Å². The summed E-state index contributed by atoms with van der Waals surface area (Å²) in [5.41, 5.74) is 1.43. The van der Waals surface area contributed by atoms with Gasteiger partial charge in [-0.3, -0.25) is 0 Å². The Morgan fingerprint density at radius 2 is 1.89 bits per heavy atom. The first kappa shape index (κ1) is 28.3. The molecule has 4 N–H and O–H groups in total. The Balaban J connectivity index is 0.000000641. The minimum Gasteiger partial charge on any atom is -0.508 e. The molecule has 0 aromatic heterocycles. The highest BCUT2D eigenvalue weighted by Gasteiger charge is 2.58. The fourth-order valence-corrected chi connectivity index (χ4v) is 5.17. The van der Waals surface area contributed by atoms with E-state index in [1.165, 1.54) is 0 Å². The van der Waals surface area contributed by atoms with Crippen LogP contribution in [0.4, 0.5) is 0 Å². The van der Waals surface area contributed by atoms with Gasteiger partial charge in [-0.2, -0.15) is 0 Å². The molecule has 9 nitrogen and oxygen atoms in total. The highest BCUT2D eigenvalue weighted by Crippen LogP contribution is 2.61. The van der Waals surface area contributed by atoms with Crippen LogP contribution >= 0.6 is 0 Å². The van der Waals surface area contributed by atoms with Gasteiger partial charge in [0.15, 0.2) is 0 Å². The zero-order valence-electron chi connectivity index (χ0n) is 21.0. The van der Waals surface area contributed by atoms with Crippen LogP contribution in [-0.2, 0) is 14.4 Å². The number of hydrogen-bond donors (Lipinski definition) is 4. The average Bonchev–Trinajstić information content (AvgIpc) is 3.03. The van der Waals surface area contributed by atoms with Gasteiger partial charge in [-0.15, -0.1) is 0 Å². The number of fused-ring (bicyclic) bond motifs is 1. The standard InChI is InChI=1S/C24H36N2O3.C2H2O4/c1-18(17-25-29-13-12-26(3)4)14-21-9-11-24(28)16-20(8-10-23(21,24)2)19-6-5-7-22(27)15-19;3-1(4)2(5)6/h5-7,14-15,17,20-21,27-28H,8-13,16H2,1-4H3;(H,3,4)(H,5,6)/b18-14+,25-17+;/t20-,21+,23+,24-;/m0./s1. The number of aromatic hydroxyl groups is 1. The predicted molar refractivity (Wildman–Crippen MR) is 133 cm³/mol. The Labute approximate surface area is 206 Å². The second-order valence-electron chi connectivity index (χ2n) is 10.0. The minimum atomic E-state index is -1.82. The van der Waals surface area contributed by atoms with Crippen LogP contribution in [0.2, 0.25) is 0 Å². The summed E-state index contributed by atoms with van der Waals surface area (Å²) in [7, 11) is 4.02. The van der Waals surface area contributed by atoms with E-state index < -0.39 is 17.5 Å². The molecule has 1 aromatic carbocycles. The van der Waals surface area contributed by atoms with Gasteiger partial charge in [0.2, 0.25) is 0 Å². The van der Waals surface area contributed by atoms with E-state index in [0.717, 1.165) is 49.8 Å². The van der Waals surface area contributed by atoms with Crippen molar-refractivity contribution < 1.29 is 34.9 Å². The molecular weight excluding hydrogens is 452 g/mol. The maximum atomic E-state index is 11.6. The van der Waals surface area contributed by atoms with Gasteiger partial charge < -0.3 is 30.2 Å². The van der Waals surface area contributed by atoms with Gasteiger partial charge in [-0.25, -0.2) is 9.59 Å². The predicted octanol–water partition coefficient (Wildman–Crippen LogP) is 3.47. The lowest BCUT2D eigenvalue weighted by molar-refractivity contribution is -0.159. The van der Waals surface area contributed by atoms with E-state index >= 15 is 0 Å². The number of carboxylic acids is 2. The van der Waals surface area contributed by atoms with Crippen LogP contribution in [0.25, 0.3) is 0 Å². The second kappa shape index (κ2) is 12.2. The molecule has 0 saturated heterocycles. The first-order valence-corrected chi connectivity index (χ1v) is 11.8. The fraction of sp³-hybridized carbons (Fsp3) is 0.577. The molecule has 194 valence electrons. The van der Waals surface area contributed by atoms with Gasteiger partial charge in [0.25, 0.3) is 0 Å². The third-order valence-corrected chi connectivity index (χ3v) is 7.30. The molecule has 3 rings (SSSR count). The molecule has 0 amide bonds. The Kier molecular flexibility index (Phi) is 9.85. The number of phenols is 1. The van der Waals surface area contributed by atoms with Crippen LogP contribution in [0.5, 0.6) is 5.75 Å². The molecule has 2 aliphatic carbocycles. The van der Waals surface area contributed by atoms with Crippen LogP contribution in [0, 0.1) is 11.3 Å². The highest BCUT2D eigenvalue weighted by atomic mass is 16.6. The fourth-order valence-electron chi connectivity index (χ4n) is 5.17. The van der Waals surface area contributed by atoms with Crippen molar-refractivity contribution in [2.75, 3.05) is 27.2 Å². The molecule has 0 spiro atoms. The van der Waals surface area contributed by atoms with E-state index in [9.17, 15) is 10.2 Å². The number of aliphatic hydroxyl groups is 1. The Hall–Kier alpha value is -2.91. The van der Waals surface area contributed by atoms with Gasteiger partial charge in [-0.1, -0.05) is 30.3 Å². The SMILES string of the molecule is CC(/C=N/OCCN(C)C)=C\[C@H]1CC[C@]2(O)C[C@@H](c3cccc(O)c3)CC[C@]12C.O=C(O)C(=O)O. The number of oxime groups is 1. The first-order valence-electron chi connectivity index (χ1n) is 11.8. The molecular formula is C26H38N2O7. The number of likely N-dealkylation sites (N-methyl/N-ethyl adjacent to an activating group) is 1. The molecule has 0 heterocycles. The second-order valence-corrected chi connectivity index (χ2v) is 10.0. The van der Waals surface area contributed by atoms with Crippen molar-refractivity contribution in [2.45, 2.75) is 57.5 Å². The summed E-state index contributed by atoms with van der Waals surface area (Å²) in [4.78, 5) is 25.6. The molecule has 4 atom stereocenters. The summed E-state index contributed by atoms with van der Waals surface area (Å²) >= 11 is 0. The zero-order valence-corrected chi connectivity index (χ0v) is 21.0. The quantitative estimate of drug-likeness (QED) is 0.197. The molecule has 35 heavy (non-hydrogen) atoms. The Morgan fingerprint density at radius 3 is 2.49 bits per heavy atom. The normalized spacial score (nSPS) is 28.3. The maximum Gasteiger partial charge on any atom is 0.414 e. The van der Waals surface area contributed by atoms with E-state index in [4.69, 9.17) is 24.6 Å².